The molecule has 0 saturated carbocycles. The van der Waals surface area contributed by atoms with Crippen LogP contribution in [0.2, 0.25) is 0 Å². The molecular weight excluding hydrogens is 643 g/mol. The molecule has 1 saturated heterocycles. The highest BCUT2D eigenvalue weighted by molar-refractivity contribution is 5.78. The summed E-state index contributed by atoms with van der Waals surface area (Å²) in [5.41, 5.74) is -0.708. The van der Waals surface area contributed by atoms with E-state index in [9.17, 15) is 38.6 Å². The van der Waals surface area contributed by atoms with Gasteiger partial charge in [0.2, 0.25) is 5.91 Å². The maximum atomic E-state index is 12.4. The molecule has 0 bridgehead atoms. The first-order valence-corrected chi connectivity index (χ1v) is 16.0. The fraction of sp³-hybridized carbons (Fsp3) is 0.767. The van der Waals surface area contributed by atoms with Gasteiger partial charge in [-0.05, 0) is 12.8 Å². The number of amides is 2. The number of hydrogen-bond acceptors (Lipinski definition) is 14. The van der Waals surface area contributed by atoms with Crippen molar-refractivity contribution in [2.45, 2.75) is 57.0 Å². The third kappa shape index (κ3) is 14.9. The van der Waals surface area contributed by atoms with Crippen molar-refractivity contribution in [3.05, 3.63) is 20.4 Å². The normalized spacial score (nSPS) is 19.2. The van der Waals surface area contributed by atoms with E-state index in [-0.39, 0.29) is 30.5 Å². The van der Waals surface area contributed by atoms with Crippen LogP contribution in [0.15, 0.2) is 9.59 Å². The molecule has 18 heteroatoms. The summed E-state index contributed by atoms with van der Waals surface area (Å²) in [5, 5.41) is 30.6. The lowest BCUT2D eigenvalue weighted by Gasteiger charge is -2.39. The first kappa shape index (κ1) is 40.9. The lowest BCUT2D eigenvalue weighted by molar-refractivity contribution is -0.274. The van der Waals surface area contributed by atoms with Crippen molar-refractivity contribution in [1.82, 2.24) is 10.6 Å². The number of halogens is 1. The number of carbonyl (C=O) groups excluding carboxylic acids is 2. The Hall–Kier alpha value is -3.26. The second-order valence-corrected chi connectivity index (χ2v) is 10.9. The van der Waals surface area contributed by atoms with Gasteiger partial charge in [-0.25, -0.2) is 9.18 Å². The van der Waals surface area contributed by atoms with Crippen LogP contribution in [0.25, 0.3) is 0 Å². The predicted octanol–water partition coefficient (Wildman–Crippen LogP) is -1.10. The van der Waals surface area contributed by atoms with Gasteiger partial charge in [-0.15, -0.1) is 0 Å². The van der Waals surface area contributed by atoms with Crippen LogP contribution in [0, 0.1) is 0 Å². The second-order valence-electron chi connectivity index (χ2n) is 10.9. The van der Waals surface area contributed by atoms with Gasteiger partial charge >= 0.3 is 5.97 Å². The van der Waals surface area contributed by atoms with Gasteiger partial charge in [0.15, 0.2) is 6.67 Å². The third-order valence-electron chi connectivity index (χ3n) is 7.13. The lowest BCUT2D eigenvalue weighted by atomic mass is 9.98. The predicted molar refractivity (Wildman–Crippen MR) is 170 cm³/mol. The molecule has 6 N–H and O–H groups in total. The Morgan fingerprint density at radius 2 is 1.35 bits per heavy atom. The Morgan fingerprint density at radius 1 is 0.812 bits per heavy atom. The van der Waals surface area contributed by atoms with Crippen LogP contribution in [-0.2, 0) is 42.8 Å². The Kier molecular flexibility index (Phi) is 19.7. The molecule has 48 heavy (non-hydrogen) atoms. The average Bonchev–Trinajstić information content (AvgIpc) is 3.06. The van der Waals surface area contributed by atoms with E-state index in [4.69, 9.17) is 28.4 Å². The van der Waals surface area contributed by atoms with Crippen LogP contribution < -0.4 is 32.1 Å². The minimum Gasteiger partial charge on any atom is -0.477 e. The van der Waals surface area contributed by atoms with Crippen molar-refractivity contribution in [3.63, 3.8) is 0 Å². The van der Waals surface area contributed by atoms with Gasteiger partial charge in [0.05, 0.1) is 78.2 Å². The van der Waals surface area contributed by atoms with Crippen LogP contribution in [0.1, 0.15) is 39.0 Å². The largest absolute Gasteiger partial charge is 0.477 e. The Labute approximate surface area is 277 Å². The maximum absolute atomic E-state index is 12.4. The first-order valence-electron chi connectivity index (χ1n) is 16.0. The van der Waals surface area contributed by atoms with Crippen molar-refractivity contribution in [1.29, 1.82) is 0 Å². The highest BCUT2D eigenvalue weighted by Crippen LogP contribution is 2.28. The molecule has 3 unspecified atom stereocenters. The summed E-state index contributed by atoms with van der Waals surface area (Å²) in [7, 11) is 0. The Bertz CT molecular complexity index is 1180. The van der Waals surface area contributed by atoms with E-state index in [0.29, 0.717) is 91.8 Å². The number of carboxylic acids is 1. The van der Waals surface area contributed by atoms with Gasteiger partial charge in [-0.3, -0.25) is 19.2 Å². The van der Waals surface area contributed by atoms with Crippen LogP contribution in [0.5, 0.6) is 0 Å². The number of nitrogens with one attached hydrogen (secondary N) is 4. The number of alkyl halides is 1. The van der Waals surface area contributed by atoms with E-state index >= 15 is 0 Å². The number of carbonyl (C=O) groups is 3. The number of aliphatic hydroxyl groups is 1. The highest BCUT2D eigenvalue weighted by atomic mass is 19.1. The van der Waals surface area contributed by atoms with Gasteiger partial charge in [-0.1, -0.05) is 12.8 Å². The molecule has 0 aromatic heterocycles. The minimum absolute atomic E-state index is 0.0441. The maximum Gasteiger partial charge on any atom is 0.364 e. The molecular formula is C30H49FN4O13. The number of rotatable bonds is 28. The molecule has 0 radical (unpaired) electrons. The number of carboxylic acid groups (broad SMARTS) is 1. The van der Waals surface area contributed by atoms with Gasteiger partial charge in [-0.2, -0.15) is 0 Å². The topological polar surface area (TPSA) is 229 Å². The van der Waals surface area contributed by atoms with Gasteiger partial charge in [0.25, 0.3) is 22.6 Å². The molecule has 17 nitrogen and oxygen atoms in total. The molecule has 0 aliphatic carbocycles. The van der Waals surface area contributed by atoms with Gasteiger partial charge in [0, 0.05) is 33.0 Å². The SMILES string of the molecule is CC(=O)NCCOCCOCCOCCOCCNc1c(NCCCCCCOC2(C(=O)O)CC(O)C(NC(=O)CF)CO2)c(=O)c1=O. The quantitative estimate of drug-likeness (QED) is 0.0453. The number of hydrogen-bond donors (Lipinski definition) is 6. The standard InChI is InChI=1S/C30H49FN4O13/c1-21(36)32-7-10-43-12-14-45-16-17-46-15-13-44-11-8-34-26-25(27(39)28(26)40)33-6-4-2-3-5-9-47-30(29(41)42)18-23(37)22(20-48-30)35-24(38)19-31/h22-23,33-34,37H,2-20H2,1H3,(H,32,36)(H,35,38)(H,41,42). The van der Waals surface area contributed by atoms with E-state index in [1.165, 1.54) is 6.92 Å². The van der Waals surface area contributed by atoms with Crippen molar-refractivity contribution in [2.24, 2.45) is 0 Å². The minimum atomic E-state index is -2.06. The molecule has 2 rings (SSSR count). The number of anilines is 2. The number of ether oxygens (including phenoxy) is 6. The fourth-order valence-electron chi connectivity index (χ4n) is 4.58. The summed E-state index contributed by atoms with van der Waals surface area (Å²) in [6.07, 6.45) is 0.864. The van der Waals surface area contributed by atoms with E-state index in [1.54, 1.807) is 0 Å². The van der Waals surface area contributed by atoms with Crippen LogP contribution in [0.3, 0.4) is 0 Å². The molecule has 0 spiro atoms. The summed E-state index contributed by atoms with van der Waals surface area (Å²) in [6, 6.07) is -0.941. The zero-order valence-corrected chi connectivity index (χ0v) is 27.4. The lowest BCUT2D eigenvalue weighted by Crippen LogP contribution is -2.60. The van der Waals surface area contributed by atoms with Crippen LogP contribution in [0.4, 0.5) is 15.8 Å². The fourth-order valence-corrected chi connectivity index (χ4v) is 4.58. The summed E-state index contributed by atoms with van der Waals surface area (Å²) < 4.78 is 44.8. The zero-order chi connectivity index (χ0) is 35.2. The van der Waals surface area contributed by atoms with Crippen LogP contribution >= 0.6 is 0 Å². The zero-order valence-electron chi connectivity index (χ0n) is 27.4. The Balaban J connectivity index is 1.48. The number of aliphatic carboxylic acids is 1. The van der Waals surface area contributed by atoms with Crippen molar-refractivity contribution >= 4 is 29.2 Å². The van der Waals surface area contributed by atoms with Crippen LogP contribution in [-0.4, -0.2) is 138 Å². The summed E-state index contributed by atoms with van der Waals surface area (Å²) >= 11 is 0. The van der Waals surface area contributed by atoms with Crippen molar-refractivity contribution in [2.75, 3.05) is 103 Å². The number of aliphatic hydroxyl groups excluding tert-OH is 1. The third-order valence-corrected chi connectivity index (χ3v) is 7.13. The van der Waals surface area contributed by atoms with E-state index in [0.717, 1.165) is 6.42 Å². The highest BCUT2D eigenvalue weighted by Gasteiger charge is 2.49. The molecule has 1 aromatic carbocycles. The summed E-state index contributed by atoms with van der Waals surface area (Å²) in [6.45, 7) is 4.23. The first-order chi connectivity index (χ1) is 23.1. The van der Waals surface area contributed by atoms with Crippen molar-refractivity contribution in [3.8, 4) is 0 Å². The van der Waals surface area contributed by atoms with Gasteiger partial charge < -0.3 is 59.9 Å². The van der Waals surface area contributed by atoms with E-state index < -0.39 is 53.8 Å². The smallest absolute Gasteiger partial charge is 0.364 e. The Morgan fingerprint density at radius 3 is 1.90 bits per heavy atom. The monoisotopic (exact) mass is 692 g/mol. The summed E-state index contributed by atoms with van der Waals surface area (Å²) in [4.78, 5) is 57.7. The molecule has 3 atom stereocenters. The van der Waals surface area contributed by atoms with Crippen molar-refractivity contribution < 1.29 is 57.4 Å². The average molecular weight is 693 g/mol. The number of unbranched alkanes of at least 4 members (excludes halogenated alkanes) is 3. The molecule has 274 valence electrons. The molecule has 1 aromatic rings. The molecule has 1 aliphatic rings. The molecule has 1 heterocycles. The van der Waals surface area contributed by atoms with E-state index in [2.05, 4.69) is 21.3 Å². The molecule has 1 aliphatic heterocycles. The molecule has 1 fully saturated rings. The summed E-state index contributed by atoms with van der Waals surface area (Å²) in [5.74, 6) is -4.50. The molecule has 2 amide bonds. The second kappa shape index (κ2) is 23.2. The van der Waals surface area contributed by atoms with Gasteiger partial charge in [0.1, 0.15) is 11.4 Å². The van der Waals surface area contributed by atoms with E-state index in [1.807, 2.05) is 0 Å².